The first-order valence-electron chi connectivity index (χ1n) is 7.54. The van der Waals surface area contributed by atoms with E-state index in [1.54, 1.807) is 0 Å². The summed E-state index contributed by atoms with van der Waals surface area (Å²) in [6.07, 6.45) is 2.54. The predicted molar refractivity (Wildman–Crippen MR) is 84.0 cm³/mol. The molecular weight excluding hydrogens is 262 g/mol. The van der Waals surface area contributed by atoms with E-state index in [2.05, 4.69) is 58.7 Å². The van der Waals surface area contributed by atoms with Gasteiger partial charge in [-0.3, -0.25) is 5.10 Å². The van der Waals surface area contributed by atoms with Crippen molar-refractivity contribution in [3.63, 3.8) is 0 Å². The van der Waals surface area contributed by atoms with Gasteiger partial charge in [0.2, 0.25) is 0 Å². The van der Waals surface area contributed by atoms with Gasteiger partial charge in [0.05, 0.1) is 11.2 Å². The quantitative estimate of drug-likeness (QED) is 0.766. The number of fused-ring (bicyclic) bond motifs is 1. The monoisotopic (exact) mass is 281 g/mol. The van der Waals surface area contributed by atoms with Crippen molar-refractivity contribution in [3.8, 4) is 0 Å². The summed E-state index contributed by atoms with van der Waals surface area (Å²) in [6, 6.07) is 8.48. The largest absolute Gasteiger partial charge is 0.323 e. The summed E-state index contributed by atoms with van der Waals surface area (Å²) in [5.74, 6) is 2.55. The number of rotatable bonds is 4. The van der Waals surface area contributed by atoms with Crippen molar-refractivity contribution in [2.45, 2.75) is 39.2 Å². The van der Waals surface area contributed by atoms with Crippen molar-refractivity contribution in [1.29, 1.82) is 0 Å². The van der Waals surface area contributed by atoms with Gasteiger partial charge in [-0.1, -0.05) is 6.07 Å². The highest BCUT2D eigenvalue weighted by Crippen LogP contribution is 2.40. The SMILES string of the molecule is CCn1nc(C2CC2)cc1Nc1n[nH]c2cc(C)ccc12. The summed E-state index contributed by atoms with van der Waals surface area (Å²) in [5.41, 5.74) is 3.49. The number of nitrogens with one attached hydrogen (secondary N) is 2. The lowest BCUT2D eigenvalue weighted by atomic mass is 10.2. The zero-order valence-electron chi connectivity index (χ0n) is 12.3. The van der Waals surface area contributed by atoms with E-state index in [1.165, 1.54) is 24.1 Å². The highest BCUT2D eigenvalue weighted by Gasteiger charge is 2.27. The van der Waals surface area contributed by atoms with Crippen LogP contribution in [0, 0.1) is 6.92 Å². The van der Waals surface area contributed by atoms with Gasteiger partial charge >= 0.3 is 0 Å². The van der Waals surface area contributed by atoms with Crippen LogP contribution in [-0.2, 0) is 6.54 Å². The molecule has 0 spiro atoms. The van der Waals surface area contributed by atoms with Crippen molar-refractivity contribution in [2.24, 2.45) is 0 Å². The van der Waals surface area contributed by atoms with E-state index in [0.29, 0.717) is 5.92 Å². The lowest BCUT2D eigenvalue weighted by molar-refractivity contribution is 0.655. The Morgan fingerprint density at radius 1 is 1.33 bits per heavy atom. The van der Waals surface area contributed by atoms with E-state index >= 15 is 0 Å². The molecular formula is C16H19N5. The Bertz CT molecular complexity index is 794. The van der Waals surface area contributed by atoms with Gasteiger partial charge in [-0.05, 0) is 44.4 Å². The summed E-state index contributed by atoms with van der Waals surface area (Å²) >= 11 is 0. The third-order valence-corrected chi connectivity index (χ3v) is 4.06. The summed E-state index contributed by atoms with van der Waals surface area (Å²) < 4.78 is 2.02. The maximum absolute atomic E-state index is 4.68. The minimum absolute atomic E-state index is 0.664. The second-order valence-corrected chi connectivity index (χ2v) is 5.79. The Morgan fingerprint density at radius 3 is 2.95 bits per heavy atom. The maximum Gasteiger partial charge on any atom is 0.161 e. The number of H-pyrrole nitrogens is 1. The summed E-state index contributed by atoms with van der Waals surface area (Å²) in [7, 11) is 0. The second-order valence-electron chi connectivity index (χ2n) is 5.79. The summed E-state index contributed by atoms with van der Waals surface area (Å²) in [6.45, 7) is 5.05. The molecule has 2 heterocycles. The van der Waals surface area contributed by atoms with Crippen LogP contribution in [0.1, 0.15) is 36.9 Å². The van der Waals surface area contributed by atoms with E-state index in [4.69, 9.17) is 0 Å². The number of aryl methyl sites for hydroxylation is 2. The van der Waals surface area contributed by atoms with Crippen LogP contribution in [0.25, 0.3) is 10.9 Å². The molecule has 5 heteroatoms. The molecule has 0 saturated heterocycles. The fraction of sp³-hybridized carbons (Fsp3) is 0.375. The standard InChI is InChI=1S/C16H19N5/c1-3-21-15(9-13(20-21)11-5-6-11)17-16-12-7-4-10(2)8-14(12)18-19-16/h4,7-9,11H,3,5-6H2,1-2H3,(H2,17,18,19). The van der Waals surface area contributed by atoms with E-state index in [1.807, 2.05) is 4.68 Å². The lowest BCUT2D eigenvalue weighted by Gasteiger charge is -2.05. The van der Waals surface area contributed by atoms with E-state index in [-0.39, 0.29) is 0 Å². The van der Waals surface area contributed by atoms with Crippen molar-refractivity contribution < 1.29 is 0 Å². The summed E-state index contributed by atoms with van der Waals surface area (Å²) in [5, 5.41) is 16.7. The molecule has 1 aliphatic carbocycles. The number of hydrogen-bond donors (Lipinski definition) is 2. The third-order valence-electron chi connectivity index (χ3n) is 4.06. The number of hydrogen-bond acceptors (Lipinski definition) is 3. The molecule has 21 heavy (non-hydrogen) atoms. The molecule has 1 aliphatic rings. The Hall–Kier alpha value is -2.30. The van der Waals surface area contributed by atoms with Crippen molar-refractivity contribution in [2.75, 3.05) is 5.32 Å². The highest BCUT2D eigenvalue weighted by molar-refractivity contribution is 5.91. The first-order chi connectivity index (χ1) is 10.2. The number of benzene rings is 1. The molecule has 2 N–H and O–H groups in total. The molecule has 5 nitrogen and oxygen atoms in total. The second kappa shape index (κ2) is 4.62. The zero-order valence-corrected chi connectivity index (χ0v) is 12.3. The van der Waals surface area contributed by atoms with E-state index < -0.39 is 0 Å². The molecule has 0 aliphatic heterocycles. The van der Waals surface area contributed by atoms with Gasteiger partial charge in [-0.25, -0.2) is 4.68 Å². The molecule has 1 fully saturated rings. The van der Waals surface area contributed by atoms with Gasteiger partial charge in [-0.15, -0.1) is 0 Å². The van der Waals surface area contributed by atoms with Crippen molar-refractivity contribution in [3.05, 3.63) is 35.5 Å². The van der Waals surface area contributed by atoms with Gasteiger partial charge in [-0.2, -0.15) is 10.2 Å². The van der Waals surface area contributed by atoms with Crippen molar-refractivity contribution >= 4 is 22.5 Å². The van der Waals surface area contributed by atoms with Crippen LogP contribution in [0.2, 0.25) is 0 Å². The van der Waals surface area contributed by atoms with Gasteiger partial charge < -0.3 is 5.32 Å². The van der Waals surface area contributed by atoms with Crippen LogP contribution >= 0.6 is 0 Å². The Labute approximate surface area is 123 Å². The normalized spacial score (nSPS) is 14.8. The highest BCUT2D eigenvalue weighted by atomic mass is 15.3. The average Bonchev–Trinajstić information content (AvgIpc) is 3.15. The molecule has 4 rings (SSSR count). The fourth-order valence-electron chi connectivity index (χ4n) is 2.71. The summed E-state index contributed by atoms with van der Waals surface area (Å²) in [4.78, 5) is 0. The maximum atomic E-state index is 4.68. The molecule has 3 aromatic rings. The number of nitrogens with zero attached hydrogens (tertiary/aromatic N) is 3. The van der Waals surface area contributed by atoms with Gasteiger partial charge in [0.1, 0.15) is 5.82 Å². The number of anilines is 2. The average molecular weight is 281 g/mol. The first kappa shape index (κ1) is 12.4. The number of aromatic nitrogens is 4. The van der Waals surface area contributed by atoms with E-state index in [0.717, 1.165) is 29.1 Å². The van der Waals surface area contributed by atoms with Crippen molar-refractivity contribution in [1.82, 2.24) is 20.0 Å². The minimum Gasteiger partial charge on any atom is -0.323 e. The molecule has 1 aromatic carbocycles. The van der Waals surface area contributed by atoms with Crippen LogP contribution in [-0.4, -0.2) is 20.0 Å². The van der Waals surface area contributed by atoms with Crippen LogP contribution in [0.3, 0.4) is 0 Å². The van der Waals surface area contributed by atoms with E-state index in [9.17, 15) is 0 Å². The third kappa shape index (κ3) is 2.18. The first-order valence-corrected chi connectivity index (χ1v) is 7.54. The molecule has 0 unspecified atom stereocenters. The molecule has 1 saturated carbocycles. The van der Waals surface area contributed by atoms with Gasteiger partial charge in [0.25, 0.3) is 0 Å². The van der Waals surface area contributed by atoms with Crippen LogP contribution in [0.15, 0.2) is 24.3 Å². The lowest BCUT2D eigenvalue weighted by Crippen LogP contribution is -2.03. The molecule has 0 radical (unpaired) electrons. The molecule has 2 aromatic heterocycles. The molecule has 0 bridgehead atoms. The van der Waals surface area contributed by atoms with Crippen LogP contribution in [0.5, 0.6) is 0 Å². The van der Waals surface area contributed by atoms with Gasteiger partial charge in [0, 0.05) is 23.9 Å². The predicted octanol–water partition coefficient (Wildman–Crippen LogP) is 3.71. The van der Waals surface area contributed by atoms with Crippen LogP contribution < -0.4 is 5.32 Å². The minimum atomic E-state index is 0.664. The van der Waals surface area contributed by atoms with Crippen LogP contribution in [0.4, 0.5) is 11.6 Å². The smallest absolute Gasteiger partial charge is 0.161 e. The molecule has 108 valence electrons. The molecule has 0 atom stereocenters. The fourth-order valence-corrected chi connectivity index (χ4v) is 2.71. The zero-order chi connectivity index (χ0) is 14.4. The van der Waals surface area contributed by atoms with Gasteiger partial charge in [0.15, 0.2) is 5.82 Å². The Balaban J connectivity index is 1.70. The topological polar surface area (TPSA) is 58.5 Å². The Morgan fingerprint density at radius 2 is 2.19 bits per heavy atom. The Kier molecular flexibility index (Phi) is 2.74. The number of aromatic amines is 1. The molecule has 0 amide bonds.